The van der Waals surface area contributed by atoms with E-state index >= 15 is 0 Å². The molecule has 1 atom stereocenters. The molecule has 0 aromatic heterocycles. The summed E-state index contributed by atoms with van der Waals surface area (Å²) in [5.41, 5.74) is 4.01. The first-order valence-corrected chi connectivity index (χ1v) is 8.98. The number of nitrogens with one attached hydrogen (secondary N) is 2. The van der Waals surface area contributed by atoms with Gasteiger partial charge in [0.25, 0.3) is 0 Å². The van der Waals surface area contributed by atoms with E-state index in [1.165, 1.54) is 17.5 Å². The number of rotatable bonds is 4. The lowest BCUT2D eigenvalue weighted by Crippen LogP contribution is -2.26. The van der Waals surface area contributed by atoms with Crippen LogP contribution in [0.15, 0.2) is 42.5 Å². The molecule has 2 aromatic rings. The molecule has 0 saturated carbocycles. The third-order valence-electron chi connectivity index (χ3n) is 4.52. The highest BCUT2D eigenvalue weighted by Gasteiger charge is 2.21. The number of benzene rings is 2. The van der Waals surface area contributed by atoms with Crippen LogP contribution in [-0.2, 0) is 12.8 Å². The fraction of sp³-hybridized carbons (Fsp3) is 0.350. The Hall–Kier alpha value is -2.04. The van der Waals surface area contributed by atoms with Gasteiger partial charge in [-0.1, -0.05) is 29.8 Å². The maximum Gasteiger partial charge on any atom is 0.323 e. The van der Waals surface area contributed by atoms with Crippen LogP contribution in [0.25, 0.3) is 0 Å². The van der Waals surface area contributed by atoms with Crippen molar-refractivity contribution in [1.29, 1.82) is 0 Å². The molecule has 132 valence electrons. The van der Waals surface area contributed by atoms with Crippen LogP contribution in [0.3, 0.4) is 0 Å². The number of anilines is 2. The SMILES string of the molecule is CN(C)CC1CCc2cc(NC(=O)Nc3ccccc3)c(Cl)cc2C1. The Morgan fingerprint density at radius 3 is 2.64 bits per heavy atom. The number of hydrogen-bond donors (Lipinski definition) is 2. The standard InChI is InChI=1S/C20H24ClN3O/c1-24(2)13-14-8-9-15-12-19(18(21)11-16(15)10-14)23-20(25)22-17-6-4-3-5-7-17/h3-7,11-12,14H,8-10,13H2,1-2H3,(H2,22,23,25). The van der Waals surface area contributed by atoms with Crippen molar-refractivity contribution in [3.05, 3.63) is 58.6 Å². The van der Waals surface area contributed by atoms with E-state index in [0.717, 1.165) is 25.1 Å². The minimum absolute atomic E-state index is 0.283. The quantitative estimate of drug-likeness (QED) is 0.836. The van der Waals surface area contributed by atoms with Gasteiger partial charge in [-0.2, -0.15) is 0 Å². The number of carbonyl (C=O) groups is 1. The number of fused-ring (bicyclic) bond motifs is 1. The highest BCUT2D eigenvalue weighted by molar-refractivity contribution is 6.34. The monoisotopic (exact) mass is 357 g/mol. The zero-order valence-corrected chi connectivity index (χ0v) is 15.4. The summed E-state index contributed by atoms with van der Waals surface area (Å²) in [6.45, 7) is 1.09. The van der Waals surface area contributed by atoms with Crippen LogP contribution in [0, 0.1) is 5.92 Å². The topological polar surface area (TPSA) is 44.4 Å². The van der Waals surface area contributed by atoms with Gasteiger partial charge in [0.05, 0.1) is 10.7 Å². The van der Waals surface area contributed by atoms with Gasteiger partial charge >= 0.3 is 6.03 Å². The van der Waals surface area contributed by atoms with Gasteiger partial charge in [0.1, 0.15) is 0 Å². The number of nitrogens with zero attached hydrogens (tertiary/aromatic N) is 1. The van der Waals surface area contributed by atoms with Crippen molar-refractivity contribution in [2.45, 2.75) is 19.3 Å². The zero-order valence-electron chi connectivity index (χ0n) is 14.7. The van der Waals surface area contributed by atoms with Crippen LogP contribution in [0.5, 0.6) is 0 Å². The van der Waals surface area contributed by atoms with Crippen molar-refractivity contribution >= 4 is 29.0 Å². The minimum atomic E-state index is -0.283. The maximum absolute atomic E-state index is 12.2. The molecular formula is C20H24ClN3O. The summed E-state index contributed by atoms with van der Waals surface area (Å²) in [4.78, 5) is 14.4. The third kappa shape index (κ3) is 4.74. The van der Waals surface area contributed by atoms with E-state index < -0.39 is 0 Å². The zero-order chi connectivity index (χ0) is 17.8. The number of halogens is 1. The van der Waals surface area contributed by atoms with Crippen LogP contribution >= 0.6 is 11.6 Å². The van der Waals surface area contributed by atoms with Gasteiger partial charge in [-0.3, -0.25) is 0 Å². The fourth-order valence-corrected chi connectivity index (χ4v) is 3.66. The van der Waals surface area contributed by atoms with Gasteiger partial charge in [0.2, 0.25) is 0 Å². The molecule has 5 heteroatoms. The first-order chi connectivity index (χ1) is 12.0. The van der Waals surface area contributed by atoms with Crippen LogP contribution in [0.2, 0.25) is 5.02 Å². The highest BCUT2D eigenvalue weighted by atomic mass is 35.5. The Morgan fingerprint density at radius 1 is 1.16 bits per heavy atom. The first kappa shape index (κ1) is 17.8. The fourth-order valence-electron chi connectivity index (χ4n) is 3.43. The summed E-state index contributed by atoms with van der Waals surface area (Å²) >= 11 is 6.41. The first-order valence-electron chi connectivity index (χ1n) is 8.60. The van der Waals surface area contributed by atoms with Crippen molar-refractivity contribution in [3.63, 3.8) is 0 Å². The normalized spacial score (nSPS) is 16.4. The second-order valence-electron chi connectivity index (χ2n) is 6.92. The molecule has 0 fully saturated rings. The molecule has 2 aromatic carbocycles. The second kappa shape index (κ2) is 7.89. The predicted octanol–water partition coefficient (Wildman–Crippen LogP) is 4.65. The summed E-state index contributed by atoms with van der Waals surface area (Å²) in [6, 6.07) is 13.1. The van der Waals surface area contributed by atoms with E-state index in [2.05, 4.69) is 29.6 Å². The van der Waals surface area contributed by atoms with E-state index in [1.54, 1.807) is 0 Å². The van der Waals surface area contributed by atoms with E-state index in [0.29, 0.717) is 16.6 Å². The lowest BCUT2D eigenvalue weighted by atomic mass is 9.83. The molecule has 25 heavy (non-hydrogen) atoms. The smallest absolute Gasteiger partial charge is 0.309 e. The number of amides is 2. The Balaban J connectivity index is 1.69. The summed E-state index contributed by atoms with van der Waals surface area (Å²) in [6.07, 6.45) is 3.24. The van der Waals surface area contributed by atoms with Crippen molar-refractivity contribution in [2.75, 3.05) is 31.3 Å². The number of aryl methyl sites for hydroxylation is 1. The maximum atomic E-state index is 12.2. The largest absolute Gasteiger partial charge is 0.323 e. The molecule has 3 rings (SSSR count). The van der Waals surface area contributed by atoms with Gasteiger partial charge < -0.3 is 15.5 Å². The van der Waals surface area contributed by atoms with E-state index in [9.17, 15) is 4.79 Å². The van der Waals surface area contributed by atoms with Gasteiger partial charge in [-0.15, -0.1) is 0 Å². The summed E-state index contributed by atoms with van der Waals surface area (Å²) in [7, 11) is 4.22. The van der Waals surface area contributed by atoms with Gasteiger partial charge in [0, 0.05) is 12.2 Å². The van der Waals surface area contributed by atoms with Crippen molar-refractivity contribution < 1.29 is 4.79 Å². The molecule has 1 unspecified atom stereocenters. The average Bonchev–Trinajstić information content (AvgIpc) is 2.56. The highest BCUT2D eigenvalue weighted by Crippen LogP contribution is 2.33. The number of para-hydroxylation sites is 1. The molecular weight excluding hydrogens is 334 g/mol. The van der Waals surface area contributed by atoms with Gasteiger partial charge in [-0.05, 0) is 74.7 Å². The molecule has 0 spiro atoms. The van der Waals surface area contributed by atoms with Crippen LogP contribution in [0.1, 0.15) is 17.5 Å². The number of carbonyl (C=O) groups excluding carboxylic acids is 1. The third-order valence-corrected chi connectivity index (χ3v) is 4.84. The van der Waals surface area contributed by atoms with Gasteiger partial charge in [0.15, 0.2) is 0 Å². The Kier molecular flexibility index (Phi) is 5.61. The molecule has 0 bridgehead atoms. The van der Waals surface area contributed by atoms with Crippen molar-refractivity contribution in [1.82, 2.24) is 4.90 Å². The molecule has 0 radical (unpaired) electrons. The number of hydrogen-bond acceptors (Lipinski definition) is 2. The summed E-state index contributed by atoms with van der Waals surface area (Å²) < 4.78 is 0. The van der Waals surface area contributed by atoms with E-state index in [1.807, 2.05) is 42.5 Å². The molecule has 2 N–H and O–H groups in total. The van der Waals surface area contributed by atoms with Crippen LogP contribution in [0.4, 0.5) is 16.2 Å². The molecule has 4 nitrogen and oxygen atoms in total. The van der Waals surface area contributed by atoms with Crippen LogP contribution in [-0.4, -0.2) is 31.6 Å². The lowest BCUT2D eigenvalue weighted by molar-refractivity contribution is 0.262. The molecule has 0 saturated heterocycles. The molecule has 1 aliphatic rings. The summed E-state index contributed by atoms with van der Waals surface area (Å²) in [5.74, 6) is 0.666. The Labute approximate surface area is 154 Å². The summed E-state index contributed by atoms with van der Waals surface area (Å²) in [5, 5.41) is 6.26. The van der Waals surface area contributed by atoms with Crippen molar-refractivity contribution in [3.8, 4) is 0 Å². The lowest BCUT2D eigenvalue weighted by Gasteiger charge is -2.27. The minimum Gasteiger partial charge on any atom is -0.309 e. The molecule has 2 amide bonds. The van der Waals surface area contributed by atoms with Gasteiger partial charge in [-0.25, -0.2) is 4.79 Å². The second-order valence-corrected chi connectivity index (χ2v) is 7.32. The molecule has 0 aliphatic heterocycles. The molecule has 1 aliphatic carbocycles. The molecule has 0 heterocycles. The Bertz CT molecular complexity index is 746. The average molecular weight is 358 g/mol. The van der Waals surface area contributed by atoms with E-state index in [4.69, 9.17) is 11.6 Å². The number of urea groups is 1. The van der Waals surface area contributed by atoms with Crippen LogP contribution < -0.4 is 10.6 Å². The predicted molar refractivity (Wildman–Crippen MR) is 105 cm³/mol. The van der Waals surface area contributed by atoms with E-state index in [-0.39, 0.29) is 6.03 Å². The Morgan fingerprint density at radius 2 is 1.92 bits per heavy atom. The van der Waals surface area contributed by atoms with Crippen molar-refractivity contribution in [2.24, 2.45) is 5.92 Å².